The van der Waals surface area contributed by atoms with Crippen LogP contribution in [0, 0.1) is 0 Å². The molecule has 6 nitrogen and oxygen atoms in total. The van der Waals surface area contributed by atoms with Gasteiger partial charge in [-0.05, 0) is 24.1 Å². The number of piperazine rings is 1. The first-order valence-electron chi connectivity index (χ1n) is 7.74. The number of carbonyl (C=O) groups is 1. The Balaban J connectivity index is 2.03. The number of ether oxygens (including phenoxy) is 1. The number of methoxy groups -OCH3 is 1. The molecule has 1 fully saturated rings. The highest BCUT2D eigenvalue weighted by atomic mass is 16.6. The second kappa shape index (κ2) is 8.60. The second-order valence-corrected chi connectivity index (χ2v) is 5.30. The number of amides is 1. The number of hydroxylamine groups is 1. The van der Waals surface area contributed by atoms with Gasteiger partial charge in [0.2, 0.25) is 6.41 Å². The molecule has 1 saturated heterocycles. The molecule has 0 aromatic heterocycles. The monoisotopic (exact) mass is 307 g/mol. The first-order chi connectivity index (χ1) is 10.8. The van der Waals surface area contributed by atoms with Crippen molar-refractivity contribution < 1.29 is 14.4 Å². The first-order valence-corrected chi connectivity index (χ1v) is 7.74. The van der Waals surface area contributed by atoms with Gasteiger partial charge in [-0.3, -0.25) is 4.79 Å². The lowest BCUT2D eigenvalue weighted by Gasteiger charge is -2.35. The van der Waals surface area contributed by atoms with Crippen molar-refractivity contribution in [3.05, 3.63) is 23.8 Å². The fourth-order valence-electron chi connectivity index (χ4n) is 2.47. The molecule has 0 atom stereocenters. The quantitative estimate of drug-likeness (QED) is 0.447. The number of rotatable bonds is 8. The fraction of sp³-hybridized carbons (Fsp3) is 0.562. The van der Waals surface area contributed by atoms with E-state index in [9.17, 15) is 4.79 Å². The Labute approximate surface area is 131 Å². The van der Waals surface area contributed by atoms with Gasteiger partial charge >= 0.3 is 0 Å². The van der Waals surface area contributed by atoms with E-state index in [4.69, 9.17) is 9.57 Å². The summed E-state index contributed by atoms with van der Waals surface area (Å²) < 4.78 is 5.47. The number of nitrogens with one attached hydrogen (secondary N) is 1. The molecule has 0 spiro atoms. The highest BCUT2D eigenvalue weighted by Crippen LogP contribution is 2.30. The zero-order valence-electron chi connectivity index (χ0n) is 13.4. The van der Waals surface area contributed by atoms with Crippen LogP contribution in [0.4, 0.5) is 5.69 Å². The summed E-state index contributed by atoms with van der Waals surface area (Å²) in [5, 5.41) is 0. The van der Waals surface area contributed by atoms with Crippen LogP contribution in [0.2, 0.25) is 0 Å². The van der Waals surface area contributed by atoms with Gasteiger partial charge in [0, 0.05) is 32.7 Å². The van der Waals surface area contributed by atoms with Gasteiger partial charge < -0.3 is 19.4 Å². The van der Waals surface area contributed by atoms with Gasteiger partial charge in [-0.2, -0.15) is 5.48 Å². The standard InChI is InChI=1S/C16H25N3O3/c1-3-10-22-17-12-14-4-5-16(21-2)15(11-14)19-8-6-18(13-20)7-9-19/h4-5,11,13,17H,3,6-10,12H2,1-2H3. The third-order valence-corrected chi connectivity index (χ3v) is 3.73. The molecule has 1 amide bonds. The van der Waals surface area contributed by atoms with Gasteiger partial charge in [-0.15, -0.1) is 0 Å². The van der Waals surface area contributed by atoms with E-state index in [-0.39, 0.29) is 0 Å². The Morgan fingerprint density at radius 2 is 2.05 bits per heavy atom. The molecular formula is C16H25N3O3. The smallest absolute Gasteiger partial charge is 0.209 e. The van der Waals surface area contributed by atoms with Gasteiger partial charge in [0.05, 0.1) is 19.4 Å². The first kappa shape index (κ1) is 16.6. The summed E-state index contributed by atoms with van der Waals surface area (Å²) in [5.41, 5.74) is 5.19. The zero-order valence-corrected chi connectivity index (χ0v) is 13.4. The molecule has 1 aromatic rings. The molecule has 1 N–H and O–H groups in total. The number of benzene rings is 1. The van der Waals surface area contributed by atoms with Crippen LogP contribution in [-0.2, 0) is 16.2 Å². The molecule has 1 aliphatic heterocycles. The predicted octanol–water partition coefficient (Wildman–Crippen LogP) is 1.40. The maximum atomic E-state index is 10.8. The minimum absolute atomic E-state index is 0.658. The van der Waals surface area contributed by atoms with E-state index in [1.54, 1.807) is 12.0 Å². The molecule has 0 unspecified atom stereocenters. The number of anilines is 1. The van der Waals surface area contributed by atoms with Crippen molar-refractivity contribution >= 4 is 12.1 Å². The molecule has 122 valence electrons. The van der Waals surface area contributed by atoms with Crippen LogP contribution in [0.15, 0.2) is 18.2 Å². The average Bonchev–Trinajstić information content (AvgIpc) is 2.58. The molecule has 0 radical (unpaired) electrons. The lowest BCUT2D eigenvalue weighted by molar-refractivity contribution is -0.118. The molecule has 0 saturated carbocycles. The third-order valence-electron chi connectivity index (χ3n) is 3.73. The van der Waals surface area contributed by atoms with Crippen LogP contribution in [0.3, 0.4) is 0 Å². The molecule has 22 heavy (non-hydrogen) atoms. The number of nitrogens with zero attached hydrogens (tertiary/aromatic N) is 2. The van der Waals surface area contributed by atoms with Crippen LogP contribution >= 0.6 is 0 Å². The van der Waals surface area contributed by atoms with Crippen LogP contribution < -0.4 is 15.1 Å². The van der Waals surface area contributed by atoms with E-state index >= 15 is 0 Å². The van der Waals surface area contributed by atoms with Crippen molar-refractivity contribution in [3.8, 4) is 5.75 Å². The Morgan fingerprint density at radius 3 is 2.68 bits per heavy atom. The molecule has 1 heterocycles. The normalized spacial score (nSPS) is 15.0. The molecule has 0 bridgehead atoms. The van der Waals surface area contributed by atoms with E-state index in [1.165, 1.54) is 0 Å². The van der Waals surface area contributed by atoms with Crippen molar-refractivity contribution in [2.45, 2.75) is 19.9 Å². The summed E-state index contributed by atoms with van der Waals surface area (Å²) in [6.45, 7) is 6.56. The van der Waals surface area contributed by atoms with Crippen molar-refractivity contribution in [1.29, 1.82) is 0 Å². The Hall–Kier alpha value is -1.79. The summed E-state index contributed by atoms with van der Waals surface area (Å²) in [7, 11) is 1.68. The van der Waals surface area contributed by atoms with Crippen LogP contribution in [0.5, 0.6) is 5.75 Å². The van der Waals surface area contributed by atoms with Gasteiger partial charge in [-0.1, -0.05) is 13.0 Å². The topological polar surface area (TPSA) is 54.0 Å². The Kier molecular flexibility index (Phi) is 6.48. The van der Waals surface area contributed by atoms with E-state index in [2.05, 4.69) is 23.4 Å². The summed E-state index contributed by atoms with van der Waals surface area (Å²) in [6, 6.07) is 6.14. The average molecular weight is 307 g/mol. The molecular weight excluding hydrogens is 282 g/mol. The van der Waals surface area contributed by atoms with Gasteiger partial charge in [0.25, 0.3) is 0 Å². The third kappa shape index (κ3) is 4.35. The van der Waals surface area contributed by atoms with Crippen LogP contribution in [0.25, 0.3) is 0 Å². The van der Waals surface area contributed by atoms with E-state index in [0.717, 1.165) is 56.0 Å². The number of carbonyl (C=O) groups excluding carboxylic acids is 1. The lowest BCUT2D eigenvalue weighted by Crippen LogP contribution is -2.45. The van der Waals surface area contributed by atoms with Gasteiger partial charge in [-0.25, -0.2) is 0 Å². The van der Waals surface area contributed by atoms with E-state index in [0.29, 0.717) is 13.2 Å². The van der Waals surface area contributed by atoms with Gasteiger partial charge in [0.1, 0.15) is 5.75 Å². The summed E-state index contributed by atoms with van der Waals surface area (Å²) in [5.74, 6) is 0.859. The lowest BCUT2D eigenvalue weighted by atomic mass is 10.1. The van der Waals surface area contributed by atoms with Gasteiger partial charge in [0.15, 0.2) is 0 Å². The molecule has 6 heteroatoms. The minimum atomic E-state index is 0.658. The second-order valence-electron chi connectivity index (χ2n) is 5.30. The molecule has 0 aliphatic carbocycles. The summed E-state index contributed by atoms with van der Waals surface area (Å²) >= 11 is 0. The number of hydrogen-bond donors (Lipinski definition) is 1. The minimum Gasteiger partial charge on any atom is -0.495 e. The van der Waals surface area contributed by atoms with E-state index in [1.807, 2.05) is 12.1 Å². The SMILES string of the molecule is CCCONCc1ccc(OC)c(N2CCN(C=O)CC2)c1. The van der Waals surface area contributed by atoms with Crippen LogP contribution in [-0.4, -0.2) is 51.2 Å². The number of hydrogen-bond acceptors (Lipinski definition) is 5. The summed E-state index contributed by atoms with van der Waals surface area (Å²) in [6.07, 6.45) is 1.90. The Bertz CT molecular complexity index is 474. The molecule has 1 aromatic carbocycles. The molecule has 2 rings (SSSR count). The highest BCUT2D eigenvalue weighted by Gasteiger charge is 2.19. The maximum Gasteiger partial charge on any atom is 0.209 e. The largest absolute Gasteiger partial charge is 0.495 e. The van der Waals surface area contributed by atoms with Crippen molar-refractivity contribution in [2.24, 2.45) is 0 Å². The highest BCUT2D eigenvalue weighted by molar-refractivity contribution is 5.61. The summed E-state index contributed by atoms with van der Waals surface area (Å²) in [4.78, 5) is 20.2. The predicted molar refractivity (Wildman–Crippen MR) is 85.9 cm³/mol. The van der Waals surface area contributed by atoms with Crippen LogP contribution in [0.1, 0.15) is 18.9 Å². The molecule has 1 aliphatic rings. The van der Waals surface area contributed by atoms with Crippen molar-refractivity contribution in [3.63, 3.8) is 0 Å². The maximum absolute atomic E-state index is 10.8. The zero-order chi connectivity index (χ0) is 15.8. The van der Waals surface area contributed by atoms with Crippen molar-refractivity contribution in [1.82, 2.24) is 10.4 Å². The van der Waals surface area contributed by atoms with E-state index < -0.39 is 0 Å². The fourth-order valence-corrected chi connectivity index (χ4v) is 2.47. The van der Waals surface area contributed by atoms with Crippen molar-refractivity contribution in [2.75, 3.05) is 44.8 Å². The Morgan fingerprint density at radius 1 is 1.27 bits per heavy atom.